The van der Waals surface area contributed by atoms with Crippen molar-refractivity contribution in [3.8, 4) is 0 Å². The van der Waals surface area contributed by atoms with Gasteiger partial charge in [-0.1, -0.05) is 6.07 Å². The van der Waals surface area contributed by atoms with Crippen molar-refractivity contribution in [1.29, 1.82) is 0 Å². The lowest BCUT2D eigenvalue weighted by atomic mass is 9.76. The molecule has 140 valence electrons. The molecule has 0 aliphatic carbocycles. The maximum absolute atomic E-state index is 12.3. The van der Waals surface area contributed by atoms with Crippen molar-refractivity contribution < 1.29 is 18.9 Å². The topological polar surface area (TPSA) is 80.8 Å². The summed E-state index contributed by atoms with van der Waals surface area (Å²) in [6, 6.07) is 5.26. The van der Waals surface area contributed by atoms with E-state index < -0.39 is 24.4 Å². The van der Waals surface area contributed by atoms with E-state index in [-0.39, 0.29) is 12.3 Å². The van der Waals surface area contributed by atoms with Crippen LogP contribution >= 0.6 is 0 Å². The predicted octanol–water partition coefficient (Wildman–Crippen LogP) is 1.98. The number of pyridine rings is 1. The molecule has 2 aliphatic heterocycles. The summed E-state index contributed by atoms with van der Waals surface area (Å²) < 4.78 is 12.4. The van der Waals surface area contributed by atoms with Crippen LogP contribution in [0.3, 0.4) is 0 Å². The number of urea groups is 1. The van der Waals surface area contributed by atoms with Crippen LogP contribution < -0.4 is 15.7 Å². The Bertz CT molecular complexity index is 928. The van der Waals surface area contributed by atoms with E-state index in [9.17, 15) is 9.59 Å². The standard InChI is InChI=1S/C19H22BN3O4/c1-18(2)19(3,4)27-20(26-18)14-5-6-15(13-11-21-9-7-12(13)14)23-10-8-16(24)22-17(23)25/h5-7,9,11H,8,10H2,1-4H3,(H,22,24,25). The van der Waals surface area contributed by atoms with E-state index in [2.05, 4.69) is 10.3 Å². The van der Waals surface area contributed by atoms with Gasteiger partial charge in [0.25, 0.3) is 0 Å². The summed E-state index contributed by atoms with van der Waals surface area (Å²) >= 11 is 0. The lowest BCUT2D eigenvalue weighted by Gasteiger charge is -2.32. The molecule has 8 heteroatoms. The minimum Gasteiger partial charge on any atom is -0.399 e. The van der Waals surface area contributed by atoms with Gasteiger partial charge in [0.2, 0.25) is 5.91 Å². The monoisotopic (exact) mass is 367 g/mol. The Hall–Kier alpha value is -2.45. The molecular weight excluding hydrogens is 345 g/mol. The fraction of sp³-hybridized carbons (Fsp3) is 0.421. The molecule has 0 saturated carbocycles. The third-order valence-corrected chi connectivity index (χ3v) is 5.68. The first-order chi connectivity index (χ1) is 12.7. The number of imide groups is 1. The van der Waals surface area contributed by atoms with Crippen LogP contribution in [0.4, 0.5) is 10.5 Å². The van der Waals surface area contributed by atoms with Gasteiger partial charge in [-0.25, -0.2) is 4.79 Å². The van der Waals surface area contributed by atoms with Gasteiger partial charge in [0, 0.05) is 30.7 Å². The van der Waals surface area contributed by atoms with Crippen LogP contribution in [0.5, 0.6) is 0 Å². The maximum atomic E-state index is 12.3. The van der Waals surface area contributed by atoms with Gasteiger partial charge in [0.15, 0.2) is 0 Å². The molecular formula is C19H22BN3O4. The number of hydrogen-bond donors (Lipinski definition) is 1. The molecule has 2 fully saturated rings. The highest BCUT2D eigenvalue weighted by atomic mass is 16.7. The molecule has 3 amide bonds. The molecule has 0 spiro atoms. The van der Waals surface area contributed by atoms with Gasteiger partial charge in [-0.15, -0.1) is 0 Å². The lowest BCUT2D eigenvalue weighted by molar-refractivity contribution is -0.120. The summed E-state index contributed by atoms with van der Waals surface area (Å²) in [5.41, 5.74) is 0.720. The summed E-state index contributed by atoms with van der Waals surface area (Å²) in [7, 11) is -0.509. The molecule has 2 saturated heterocycles. The number of nitrogens with one attached hydrogen (secondary N) is 1. The first-order valence-electron chi connectivity index (χ1n) is 9.03. The highest BCUT2D eigenvalue weighted by molar-refractivity contribution is 6.65. The molecule has 1 N–H and O–H groups in total. The second-order valence-corrected chi connectivity index (χ2v) is 7.94. The molecule has 1 aromatic heterocycles. The van der Waals surface area contributed by atoms with E-state index in [4.69, 9.17) is 9.31 Å². The molecule has 7 nitrogen and oxygen atoms in total. The number of anilines is 1. The van der Waals surface area contributed by atoms with Crippen LogP contribution in [0, 0.1) is 0 Å². The van der Waals surface area contributed by atoms with E-state index in [1.165, 1.54) is 0 Å². The number of rotatable bonds is 2. The van der Waals surface area contributed by atoms with Gasteiger partial charge in [-0.3, -0.25) is 20.0 Å². The number of aromatic nitrogens is 1. The van der Waals surface area contributed by atoms with Crippen molar-refractivity contribution in [3.63, 3.8) is 0 Å². The predicted molar refractivity (Wildman–Crippen MR) is 103 cm³/mol. The highest BCUT2D eigenvalue weighted by Crippen LogP contribution is 2.37. The van der Waals surface area contributed by atoms with Gasteiger partial charge in [0.1, 0.15) is 0 Å². The quantitative estimate of drug-likeness (QED) is 0.821. The van der Waals surface area contributed by atoms with Crippen LogP contribution in [0.2, 0.25) is 0 Å². The Morgan fingerprint density at radius 3 is 2.44 bits per heavy atom. The van der Waals surface area contributed by atoms with Crippen LogP contribution in [0.25, 0.3) is 10.8 Å². The average molecular weight is 367 g/mol. The zero-order valence-electron chi connectivity index (χ0n) is 15.9. The molecule has 27 heavy (non-hydrogen) atoms. The molecule has 2 aliphatic rings. The van der Waals surface area contributed by atoms with Gasteiger partial charge in [-0.05, 0) is 50.7 Å². The molecule has 4 rings (SSSR count). The van der Waals surface area contributed by atoms with E-state index >= 15 is 0 Å². The van der Waals surface area contributed by atoms with Crippen LogP contribution in [0.1, 0.15) is 34.1 Å². The first kappa shape index (κ1) is 17.9. The third-order valence-electron chi connectivity index (χ3n) is 5.68. The van der Waals surface area contributed by atoms with Crippen molar-refractivity contribution in [3.05, 3.63) is 30.6 Å². The Labute approximate surface area is 158 Å². The summed E-state index contributed by atoms with van der Waals surface area (Å²) in [5, 5.41) is 4.08. The molecule has 0 bridgehead atoms. The fourth-order valence-electron chi connectivity index (χ4n) is 3.40. The van der Waals surface area contributed by atoms with Crippen LogP contribution in [-0.2, 0) is 14.1 Å². The van der Waals surface area contributed by atoms with Crippen molar-refractivity contribution in [2.75, 3.05) is 11.4 Å². The number of nitrogens with zero attached hydrogens (tertiary/aromatic N) is 2. The highest BCUT2D eigenvalue weighted by Gasteiger charge is 2.52. The zero-order chi connectivity index (χ0) is 19.4. The van der Waals surface area contributed by atoms with Crippen molar-refractivity contribution in [1.82, 2.24) is 10.3 Å². The van der Waals surface area contributed by atoms with Gasteiger partial charge < -0.3 is 9.31 Å². The summed E-state index contributed by atoms with van der Waals surface area (Å²) in [6.07, 6.45) is 3.70. The number of hydrogen-bond acceptors (Lipinski definition) is 5. The number of amides is 3. The largest absolute Gasteiger partial charge is 0.495 e. The third kappa shape index (κ3) is 2.89. The van der Waals surface area contributed by atoms with Gasteiger partial charge in [-0.2, -0.15) is 0 Å². The minimum atomic E-state index is -0.509. The van der Waals surface area contributed by atoms with E-state index in [0.29, 0.717) is 12.2 Å². The lowest BCUT2D eigenvalue weighted by Crippen LogP contribution is -2.49. The van der Waals surface area contributed by atoms with Gasteiger partial charge >= 0.3 is 13.1 Å². The summed E-state index contributed by atoms with van der Waals surface area (Å²) in [4.78, 5) is 29.5. The van der Waals surface area contributed by atoms with Crippen molar-refractivity contribution >= 4 is 41.0 Å². The van der Waals surface area contributed by atoms with Crippen LogP contribution in [-0.4, -0.2) is 41.8 Å². The molecule has 0 atom stereocenters. The first-order valence-corrected chi connectivity index (χ1v) is 9.03. The Morgan fingerprint density at radius 2 is 1.78 bits per heavy atom. The molecule has 1 aromatic carbocycles. The van der Waals surface area contributed by atoms with Crippen LogP contribution in [0.15, 0.2) is 30.6 Å². The van der Waals surface area contributed by atoms with E-state index in [1.54, 1.807) is 17.3 Å². The van der Waals surface area contributed by atoms with E-state index in [0.717, 1.165) is 16.2 Å². The summed E-state index contributed by atoms with van der Waals surface area (Å²) in [6.45, 7) is 8.39. The average Bonchev–Trinajstić information content (AvgIpc) is 2.82. The molecule has 0 radical (unpaired) electrons. The Kier molecular flexibility index (Phi) is 4.01. The normalized spacial score (nSPS) is 21.6. The molecule has 3 heterocycles. The molecule has 2 aromatic rings. The molecule has 0 unspecified atom stereocenters. The Morgan fingerprint density at radius 1 is 1.07 bits per heavy atom. The maximum Gasteiger partial charge on any atom is 0.495 e. The number of carbonyl (C=O) groups is 2. The van der Waals surface area contributed by atoms with Crippen molar-refractivity contribution in [2.24, 2.45) is 0 Å². The smallest absolute Gasteiger partial charge is 0.399 e. The zero-order valence-corrected chi connectivity index (χ0v) is 15.9. The number of benzene rings is 1. The second-order valence-electron chi connectivity index (χ2n) is 7.94. The number of fused-ring (bicyclic) bond motifs is 1. The Balaban J connectivity index is 1.78. The fourth-order valence-corrected chi connectivity index (χ4v) is 3.40. The number of carbonyl (C=O) groups excluding carboxylic acids is 2. The van der Waals surface area contributed by atoms with Crippen molar-refractivity contribution in [2.45, 2.75) is 45.3 Å². The summed E-state index contributed by atoms with van der Waals surface area (Å²) in [5.74, 6) is -0.257. The SMILES string of the molecule is CC1(C)OB(c2ccc(N3CCC(=O)NC3=O)c3cnccc23)OC1(C)C. The van der Waals surface area contributed by atoms with Gasteiger partial charge in [0.05, 0.1) is 16.9 Å². The second kappa shape index (κ2) is 6.04. The van der Waals surface area contributed by atoms with E-state index in [1.807, 2.05) is 45.9 Å². The minimum absolute atomic E-state index is 0.257.